The van der Waals surface area contributed by atoms with Gasteiger partial charge in [0.2, 0.25) is 0 Å². The summed E-state index contributed by atoms with van der Waals surface area (Å²) in [5.41, 5.74) is 0. The Labute approximate surface area is 119 Å². The SMILES string of the molecule is CNCC1CCN(Cc2cc(Cl)cs2)CC1.Cl. The minimum absolute atomic E-state index is 0. The molecule has 1 saturated heterocycles. The minimum atomic E-state index is 0. The quantitative estimate of drug-likeness (QED) is 0.917. The molecule has 0 atom stereocenters. The molecule has 0 bridgehead atoms. The Balaban J connectivity index is 0.00000144. The van der Waals surface area contributed by atoms with Crippen LogP contribution in [0, 0.1) is 5.92 Å². The molecule has 0 spiro atoms. The number of halogens is 2. The topological polar surface area (TPSA) is 15.3 Å². The van der Waals surface area contributed by atoms with E-state index in [1.807, 2.05) is 12.4 Å². The second kappa shape index (κ2) is 7.59. The molecule has 0 aliphatic carbocycles. The van der Waals surface area contributed by atoms with Gasteiger partial charge in [0.1, 0.15) is 0 Å². The van der Waals surface area contributed by atoms with Crippen molar-refractivity contribution in [3.63, 3.8) is 0 Å². The summed E-state index contributed by atoms with van der Waals surface area (Å²) in [6.07, 6.45) is 2.64. The Bertz CT molecular complexity index is 322. The summed E-state index contributed by atoms with van der Waals surface area (Å²) in [5.74, 6) is 0.869. The Morgan fingerprint density at radius 2 is 2.18 bits per heavy atom. The van der Waals surface area contributed by atoms with Crippen LogP contribution < -0.4 is 5.32 Å². The van der Waals surface area contributed by atoms with E-state index in [0.717, 1.165) is 17.5 Å². The highest BCUT2D eigenvalue weighted by atomic mass is 35.5. The molecule has 2 rings (SSSR count). The summed E-state index contributed by atoms with van der Waals surface area (Å²) in [5, 5.41) is 6.17. The predicted molar refractivity (Wildman–Crippen MR) is 78.5 cm³/mol. The van der Waals surface area contributed by atoms with E-state index in [4.69, 9.17) is 11.6 Å². The highest BCUT2D eigenvalue weighted by molar-refractivity contribution is 7.10. The number of likely N-dealkylation sites (tertiary alicyclic amines) is 1. The summed E-state index contributed by atoms with van der Waals surface area (Å²) in [6, 6.07) is 2.09. The maximum atomic E-state index is 5.93. The fourth-order valence-electron chi connectivity index (χ4n) is 2.29. The maximum Gasteiger partial charge on any atom is 0.0516 e. The zero-order chi connectivity index (χ0) is 11.4. The third-order valence-corrected chi connectivity index (χ3v) is 4.47. The largest absolute Gasteiger partial charge is 0.319 e. The lowest BCUT2D eigenvalue weighted by molar-refractivity contribution is 0.178. The Hall–Kier alpha value is 0.200. The lowest BCUT2D eigenvalue weighted by atomic mass is 9.97. The van der Waals surface area contributed by atoms with Crippen LogP contribution in [-0.4, -0.2) is 31.6 Å². The predicted octanol–water partition coefficient (Wildman–Crippen LogP) is 3.25. The van der Waals surface area contributed by atoms with Gasteiger partial charge in [0, 0.05) is 16.8 Å². The number of thiophene rings is 1. The molecular weight excluding hydrogens is 275 g/mol. The van der Waals surface area contributed by atoms with Crippen LogP contribution in [0.25, 0.3) is 0 Å². The molecule has 0 unspecified atom stereocenters. The van der Waals surface area contributed by atoms with Crippen molar-refractivity contribution in [2.24, 2.45) is 5.92 Å². The van der Waals surface area contributed by atoms with E-state index >= 15 is 0 Å². The van der Waals surface area contributed by atoms with Gasteiger partial charge in [-0.15, -0.1) is 23.7 Å². The number of nitrogens with one attached hydrogen (secondary N) is 1. The van der Waals surface area contributed by atoms with Crippen LogP contribution in [0.3, 0.4) is 0 Å². The van der Waals surface area contributed by atoms with E-state index < -0.39 is 0 Å². The molecule has 0 radical (unpaired) electrons. The first-order valence-corrected chi connectivity index (χ1v) is 7.13. The van der Waals surface area contributed by atoms with Crippen LogP contribution >= 0.6 is 35.3 Å². The van der Waals surface area contributed by atoms with Gasteiger partial charge in [-0.25, -0.2) is 0 Å². The average Bonchev–Trinajstić information content (AvgIpc) is 2.67. The normalized spacial score (nSPS) is 18.0. The molecule has 2 nitrogen and oxygen atoms in total. The van der Waals surface area contributed by atoms with Crippen molar-refractivity contribution in [3.8, 4) is 0 Å². The summed E-state index contributed by atoms with van der Waals surface area (Å²) >= 11 is 7.69. The second-order valence-corrected chi connectivity index (χ2v) is 5.94. The number of piperidine rings is 1. The molecule has 2 heterocycles. The Morgan fingerprint density at radius 3 is 2.71 bits per heavy atom. The maximum absolute atomic E-state index is 5.93. The molecule has 0 amide bonds. The van der Waals surface area contributed by atoms with E-state index in [1.54, 1.807) is 11.3 Å². The molecular formula is C12H20Cl2N2S. The van der Waals surface area contributed by atoms with Crippen LogP contribution in [0.2, 0.25) is 5.02 Å². The molecule has 1 fully saturated rings. The standard InChI is InChI=1S/C12H19ClN2S.ClH/c1-14-7-10-2-4-15(5-3-10)8-12-6-11(13)9-16-12;/h6,9-10,14H,2-5,7-8H2,1H3;1H. The van der Waals surface area contributed by atoms with Crippen molar-refractivity contribution in [1.82, 2.24) is 10.2 Å². The number of nitrogens with zero attached hydrogens (tertiary/aromatic N) is 1. The fourth-order valence-corrected chi connectivity index (χ4v) is 3.41. The first-order chi connectivity index (χ1) is 7.78. The second-order valence-electron chi connectivity index (χ2n) is 4.51. The van der Waals surface area contributed by atoms with Crippen LogP contribution in [0.15, 0.2) is 11.4 Å². The lowest BCUT2D eigenvalue weighted by Gasteiger charge is -2.31. The molecule has 1 N–H and O–H groups in total. The van der Waals surface area contributed by atoms with E-state index in [0.29, 0.717) is 0 Å². The third-order valence-electron chi connectivity index (χ3n) is 3.20. The van der Waals surface area contributed by atoms with Gasteiger partial charge in [0.15, 0.2) is 0 Å². The molecule has 1 aliphatic rings. The molecule has 1 aromatic heterocycles. The van der Waals surface area contributed by atoms with Crippen LogP contribution in [-0.2, 0) is 6.54 Å². The van der Waals surface area contributed by atoms with Crippen LogP contribution in [0.4, 0.5) is 0 Å². The number of hydrogen-bond donors (Lipinski definition) is 1. The van der Waals surface area contributed by atoms with Gasteiger partial charge < -0.3 is 5.32 Å². The zero-order valence-corrected chi connectivity index (χ0v) is 12.5. The Kier molecular flexibility index (Phi) is 6.82. The van der Waals surface area contributed by atoms with E-state index in [-0.39, 0.29) is 12.4 Å². The molecule has 0 saturated carbocycles. The van der Waals surface area contributed by atoms with Crippen molar-refractivity contribution >= 4 is 35.3 Å². The zero-order valence-electron chi connectivity index (χ0n) is 10.1. The fraction of sp³-hybridized carbons (Fsp3) is 0.667. The first kappa shape index (κ1) is 15.3. The van der Waals surface area contributed by atoms with Gasteiger partial charge in [-0.3, -0.25) is 4.90 Å². The van der Waals surface area contributed by atoms with Crippen molar-refractivity contribution in [1.29, 1.82) is 0 Å². The Morgan fingerprint density at radius 1 is 1.47 bits per heavy atom. The summed E-state index contributed by atoms with van der Waals surface area (Å²) in [4.78, 5) is 3.92. The highest BCUT2D eigenvalue weighted by Gasteiger charge is 2.18. The van der Waals surface area contributed by atoms with Gasteiger partial charge in [0.05, 0.1) is 5.02 Å². The first-order valence-electron chi connectivity index (χ1n) is 5.88. The van der Waals surface area contributed by atoms with E-state index in [1.165, 1.54) is 37.4 Å². The van der Waals surface area contributed by atoms with Crippen molar-refractivity contribution in [3.05, 3.63) is 21.3 Å². The van der Waals surface area contributed by atoms with Crippen molar-refractivity contribution in [2.75, 3.05) is 26.7 Å². The van der Waals surface area contributed by atoms with Gasteiger partial charge in [-0.1, -0.05) is 11.6 Å². The molecule has 0 aromatic carbocycles. The van der Waals surface area contributed by atoms with Gasteiger partial charge in [-0.05, 0) is 51.5 Å². The summed E-state index contributed by atoms with van der Waals surface area (Å²) in [6.45, 7) is 4.69. The lowest BCUT2D eigenvalue weighted by Crippen LogP contribution is -2.36. The average molecular weight is 295 g/mol. The smallest absolute Gasteiger partial charge is 0.0516 e. The molecule has 5 heteroatoms. The van der Waals surface area contributed by atoms with Crippen molar-refractivity contribution < 1.29 is 0 Å². The molecule has 17 heavy (non-hydrogen) atoms. The highest BCUT2D eigenvalue weighted by Crippen LogP contribution is 2.23. The number of rotatable bonds is 4. The van der Waals surface area contributed by atoms with E-state index in [2.05, 4.69) is 16.3 Å². The van der Waals surface area contributed by atoms with Crippen LogP contribution in [0.5, 0.6) is 0 Å². The van der Waals surface area contributed by atoms with Gasteiger partial charge in [0.25, 0.3) is 0 Å². The minimum Gasteiger partial charge on any atom is -0.319 e. The van der Waals surface area contributed by atoms with Gasteiger partial charge >= 0.3 is 0 Å². The number of hydrogen-bond acceptors (Lipinski definition) is 3. The third kappa shape index (κ3) is 4.76. The molecule has 98 valence electrons. The van der Waals surface area contributed by atoms with Crippen LogP contribution in [0.1, 0.15) is 17.7 Å². The summed E-state index contributed by atoms with van der Waals surface area (Å²) in [7, 11) is 2.04. The summed E-state index contributed by atoms with van der Waals surface area (Å²) < 4.78 is 0. The van der Waals surface area contributed by atoms with Crippen molar-refractivity contribution in [2.45, 2.75) is 19.4 Å². The molecule has 1 aromatic rings. The van der Waals surface area contributed by atoms with E-state index in [9.17, 15) is 0 Å². The van der Waals surface area contributed by atoms with Gasteiger partial charge in [-0.2, -0.15) is 0 Å². The molecule has 1 aliphatic heterocycles. The monoisotopic (exact) mass is 294 g/mol.